The van der Waals surface area contributed by atoms with Gasteiger partial charge >= 0.3 is 0 Å². The number of fused-ring (bicyclic) bond motifs is 1. The molecule has 1 aromatic carbocycles. The van der Waals surface area contributed by atoms with Gasteiger partial charge in [0.15, 0.2) is 5.13 Å². The number of nitrogen functional groups attached to an aromatic ring is 1. The van der Waals surface area contributed by atoms with Gasteiger partial charge in [0.25, 0.3) is 5.91 Å². The van der Waals surface area contributed by atoms with Crippen molar-refractivity contribution in [2.75, 3.05) is 5.73 Å². The predicted molar refractivity (Wildman–Crippen MR) is 85.4 cm³/mol. The number of carbonyl (C=O) groups is 1. The maximum absolute atomic E-state index is 12.2. The van der Waals surface area contributed by atoms with Crippen LogP contribution >= 0.6 is 11.3 Å². The van der Waals surface area contributed by atoms with Gasteiger partial charge in [-0.15, -0.1) is 0 Å². The normalized spacial score (nSPS) is 11.0. The molecule has 0 aliphatic rings. The summed E-state index contributed by atoms with van der Waals surface area (Å²) >= 11 is 1.39. The molecule has 3 N–H and O–H groups in total. The van der Waals surface area contributed by atoms with Crippen LogP contribution in [0.4, 0.5) is 5.13 Å². The number of benzene rings is 1. The number of aryl methyl sites for hydroxylation is 1. The maximum atomic E-state index is 12.2. The third-order valence-electron chi connectivity index (χ3n) is 3.57. The molecule has 2 heterocycles. The van der Waals surface area contributed by atoms with Crippen molar-refractivity contribution in [3.63, 3.8) is 0 Å². The van der Waals surface area contributed by atoms with Gasteiger partial charge in [0.05, 0.1) is 16.8 Å². The van der Waals surface area contributed by atoms with E-state index in [1.165, 1.54) is 17.0 Å². The summed E-state index contributed by atoms with van der Waals surface area (Å²) < 4.78 is 2.99. The summed E-state index contributed by atoms with van der Waals surface area (Å²) in [6.45, 7) is 2.54. The van der Waals surface area contributed by atoms with Crippen molar-refractivity contribution in [3.05, 3.63) is 47.3 Å². The summed E-state index contributed by atoms with van der Waals surface area (Å²) in [5, 5.41) is 3.45. The molecule has 2 aromatic heterocycles. The van der Waals surface area contributed by atoms with Crippen molar-refractivity contribution >= 4 is 32.6 Å². The molecule has 3 rings (SSSR count). The predicted octanol–water partition coefficient (Wildman–Crippen LogP) is 2.46. The van der Waals surface area contributed by atoms with Crippen molar-refractivity contribution < 1.29 is 4.79 Å². The Morgan fingerprint density at radius 2 is 2.19 bits per heavy atom. The summed E-state index contributed by atoms with van der Waals surface area (Å²) in [6, 6.07) is 9.47. The fourth-order valence-electron chi connectivity index (χ4n) is 2.20. The quantitative estimate of drug-likeness (QED) is 0.780. The Bertz CT molecular complexity index is 818. The Hall–Kier alpha value is -2.34. The zero-order valence-corrected chi connectivity index (χ0v) is 12.7. The Kier molecular flexibility index (Phi) is 3.39. The third-order valence-corrected chi connectivity index (χ3v) is 4.42. The monoisotopic (exact) mass is 300 g/mol. The largest absolute Gasteiger partial charge is 0.375 e. The summed E-state index contributed by atoms with van der Waals surface area (Å²) in [4.78, 5) is 16.4. The van der Waals surface area contributed by atoms with Crippen LogP contribution in [-0.4, -0.2) is 15.5 Å². The van der Waals surface area contributed by atoms with Crippen LogP contribution in [0.25, 0.3) is 10.2 Å². The van der Waals surface area contributed by atoms with Gasteiger partial charge in [0.2, 0.25) is 0 Å². The van der Waals surface area contributed by atoms with Crippen molar-refractivity contribution in [1.82, 2.24) is 14.9 Å². The molecule has 6 heteroatoms. The standard InChI is InChI=1S/C15H16N4OS/c1-9-3-5-11(19(9)2)8-17-14(20)10-4-6-12-13(7-10)21-15(16)18-12/h3-7H,8H2,1-2H3,(H2,16,18)(H,17,20). The minimum atomic E-state index is -0.0947. The molecule has 0 saturated heterocycles. The lowest BCUT2D eigenvalue weighted by atomic mass is 10.2. The van der Waals surface area contributed by atoms with E-state index in [4.69, 9.17) is 5.73 Å². The van der Waals surface area contributed by atoms with E-state index in [0.29, 0.717) is 17.2 Å². The highest BCUT2D eigenvalue weighted by Gasteiger charge is 2.09. The molecular formula is C15H16N4OS. The van der Waals surface area contributed by atoms with E-state index in [1.807, 2.05) is 38.2 Å². The number of hydrogen-bond donors (Lipinski definition) is 2. The number of aromatic nitrogens is 2. The van der Waals surface area contributed by atoms with Gasteiger partial charge in [-0.3, -0.25) is 4.79 Å². The minimum Gasteiger partial charge on any atom is -0.375 e. The molecule has 0 bridgehead atoms. The minimum absolute atomic E-state index is 0.0947. The summed E-state index contributed by atoms with van der Waals surface area (Å²) in [7, 11) is 1.99. The molecule has 21 heavy (non-hydrogen) atoms. The van der Waals surface area contributed by atoms with Gasteiger partial charge in [0.1, 0.15) is 0 Å². The highest BCUT2D eigenvalue weighted by Crippen LogP contribution is 2.24. The first kappa shape index (κ1) is 13.6. The van der Waals surface area contributed by atoms with Gasteiger partial charge < -0.3 is 15.6 Å². The Balaban J connectivity index is 1.75. The van der Waals surface area contributed by atoms with Gasteiger partial charge in [-0.05, 0) is 37.3 Å². The fraction of sp³-hybridized carbons (Fsp3) is 0.200. The molecule has 0 spiro atoms. The van der Waals surface area contributed by atoms with Gasteiger partial charge in [-0.2, -0.15) is 0 Å². The lowest BCUT2D eigenvalue weighted by Gasteiger charge is -2.07. The maximum Gasteiger partial charge on any atom is 0.251 e. The van der Waals surface area contributed by atoms with Crippen molar-refractivity contribution in [2.24, 2.45) is 7.05 Å². The molecule has 108 valence electrons. The Morgan fingerprint density at radius 1 is 1.38 bits per heavy atom. The van der Waals surface area contributed by atoms with Crippen LogP contribution in [0.15, 0.2) is 30.3 Å². The lowest BCUT2D eigenvalue weighted by Crippen LogP contribution is -2.23. The number of nitrogens with zero attached hydrogens (tertiary/aromatic N) is 2. The van der Waals surface area contributed by atoms with Crippen molar-refractivity contribution in [3.8, 4) is 0 Å². The Morgan fingerprint density at radius 3 is 2.90 bits per heavy atom. The third kappa shape index (κ3) is 2.62. The van der Waals surface area contributed by atoms with Gasteiger partial charge in [-0.25, -0.2) is 4.98 Å². The molecule has 0 unspecified atom stereocenters. The molecule has 3 aromatic rings. The number of thiazole rings is 1. The molecule has 5 nitrogen and oxygen atoms in total. The van der Waals surface area contributed by atoms with E-state index < -0.39 is 0 Å². The summed E-state index contributed by atoms with van der Waals surface area (Å²) in [6.07, 6.45) is 0. The highest BCUT2D eigenvalue weighted by molar-refractivity contribution is 7.22. The average molecular weight is 300 g/mol. The van der Waals surface area contributed by atoms with Crippen LogP contribution in [0.1, 0.15) is 21.7 Å². The molecule has 0 aliphatic carbocycles. The van der Waals surface area contributed by atoms with Crippen molar-refractivity contribution in [1.29, 1.82) is 0 Å². The number of nitrogens with one attached hydrogen (secondary N) is 1. The second kappa shape index (κ2) is 5.21. The van der Waals surface area contributed by atoms with Gasteiger partial charge in [-0.1, -0.05) is 11.3 Å². The van der Waals surface area contributed by atoms with E-state index in [0.717, 1.165) is 15.9 Å². The van der Waals surface area contributed by atoms with E-state index in [2.05, 4.69) is 14.9 Å². The molecule has 0 aliphatic heterocycles. The van der Waals surface area contributed by atoms with Crippen molar-refractivity contribution in [2.45, 2.75) is 13.5 Å². The lowest BCUT2D eigenvalue weighted by molar-refractivity contribution is 0.0950. The number of rotatable bonds is 3. The van der Waals surface area contributed by atoms with Crippen LogP contribution in [0.2, 0.25) is 0 Å². The SMILES string of the molecule is Cc1ccc(CNC(=O)c2ccc3nc(N)sc3c2)n1C. The average Bonchev–Trinajstić information content (AvgIpc) is 2.98. The number of anilines is 1. The van der Waals surface area contributed by atoms with E-state index in [1.54, 1.807) is 6.07 Å². The number of amides is 1. The molecule has 0 atom stereocenters. The molecular weight excluding hydrogens is 284 g/mol. The number of hydrogen-bond acceptors (Lipinski definition) is 4. The zero-order chi connectivity index (χ0) is 15.0. The van der Waals surface area contributed by atoms with Crippen LogP contribution in [-0.2, 0) is 13.6 Å². The molecule has 0 fully saturated rings. The molecule has 0 radical (unpaired) electrons. The molecule has 1 amide bonds. The van der Waals surface area contributed by atoms with E-state index in [-0.39, 0.29) is 5.91 Å². The zero-order valence-electron chi connectivity index (χ0n) is 11.9. The first-order valence-electron chi connectivity index (χ1n) is 6.60. The summed E-state index contributed by atoms with van der Waals surface area (Å²) in [5.41, 5.74) is 9.36. The van der Waals surface area contributed by atoms with Gasteiger partial charge in [0, 0.05) is 24.0 Å². The summed E-state index contributed by atoms with van der Waals surface area (Å²) in [5.74, 6) is -0.0947. The number of nitrogens with two attached hydrogens (primary N) is 1. The van der Waals surface area contributed by atoms with E-state index >= 15 is 0 Å². The highest BCUT2D eigenvalue weighted by atomic mass is 32.1. The number of carbonyl (C=O) groups excluding carboxylic acids is 1. The smallest absolute Gasteiger partial charge is 0.251 e. The second-order valence-corrected chi connectivity index (χ2v) is 6.00. The topological polar surface area (TPSA) is 72.9 Å². The first-order valence-corrected chi connectivity index (χ1v) is 7.42. The Labute approximate surface area is 126 Å². The van der Waals surface area contributed by atoms with Crippen LogP contribution < -0.4 is 11.1 Å². The molecule has 0 saturated carbocycles. The second-order valence-electron chi connectivity index (χ2n) is 4.94. The van der Waals surface area contributed by atoms with Crippen LogP contribution in [0.5, 0.6) is 0 Å². The van der Waals surface area contributed by atoms with Crippen LogP contribution in [0, 0.1) is 6.92 Å². The first-order chi connectivity index (χ1) is 10.0. The van der Waals surface area contributed by atoms with Crippen LogP contribution in [0.3, 0.4) is 0 Å². The van der Waals surface area contributed by atoms with E-state index in [9.17, 15) is 4.79 Å². The fourth-order valence-corrected chi connectivity index (χ4v) is 2.97.